The predicted molar refractivity (Wildman–Crippen MR) is 66.5 cm³/mol. The van der Waals surface area contributed by atoms with Crippen molar-refractivity contribution in [3.05, 3.63) is 34.3 Å². The summed E-state index contributed by atoms with van der Waals surface area (Å²) in [5, 5.41) is 0.760. The molecular formula is C13H18ClNO. The summed E-state index contributed by atoms with van der Waals surface area (Å²) in [6, 6.07) is 6.11. The maximum absolute atomic E-state index is 6.38. The maximum atomic E-state index is 6.38. The third-order valence-corrected chi connectivity index (χ3v) is 3.78. The Hall–Kier alpha value is -0.570. The average molecular weight is 240 g/mol. The van der Waals surface area contributed by atoms with E-state index in [1.807, 2.05) is 12.1 Å². The van der Waals surface area contributed by atoms with Gasteiger partial charge in [0, 0.05) is 17.7 Å². The molecule has 0 radical (unpaired) electrons. The van der Waals surface area contributed by atoms with Gasteiger partial charge in [0.25, 0.3) is 0 Å². The minimum atomic E-state index is -0.157. The summed E-state index contributed by atoms with van der Waals surface area (Å²) in [6.07, 6.45) is 4.56. The molecule has 0 aliphatic heterocycles. The standard InChI is InChI=1S/C13H18ClNO/c1-16-9-10-4-5-11(8-12(10)14)13(15)6-2-3-7-13/h4-5,8H,2-3,6-7,9,15H2,1H3. The van der Waals surface area contributed by atoms with Crippen molar-refractivity contribution < 1.29 is 4.74 Å². The molecule has 0 saturated heterocycles. The molecular weight excluding hydrogens is 222 g/mol. The third kappa shape index (κ3) is 2.24. The fourth-order valence-corrected chi connectivity index (χ4v) is 2.66. The zero-order chi connectivity index (χ0) is 11.6. The van der Waals surface area contributed by atoms with Gasteiger partial charge in [0.15, 0.2) is 0 Å². The van der Waals surface area contributed by atoms with Gasteiger partial charge in [0.2, 0.25) is 0 Å². The van der Waals surface area contributed by atoms with Crippen LogP contribution in [0.2, 0.25) is 5.02 Å². The molecule has 0 bridgehead atoms. The van der Waals surface area contributed by atoms with E-state index in [-0.39, 0.29) is 5.54 Å². The normalized spacial score (nSPS) is 18.9. The summed E-state index contributed by atoms with van der Waals surface area (Å²) in [4.78, 5) is 0. The van der Waals surface area contributed by atoms with Crippen LogP contribution in [0.3, 0.4) is 0 Å². The van der Waals surface area contributed by atoms with Crippen LogP contribution < -0.4 is 5.73 Å². The van der Waals surface area contributed by atoms with Crippen LogP contribution in [-0.4, -0.2) is 7.11 Å². The molecule has 1 aliphatic rings. The lowest BCUT2D eigenvalue weighted by Crippen LogP contribution is -2.33. The Labute approximate surface area is 102 Å². The second kappa shape index (κ2) is 4.74. The van der Waals surface area contributed by atoms with Gasteiger partial charge in [0.1, 0.15) is 0 Å². The summed E-state index contributed by atoms with van der Waals surface area (Å²) in [5.41, 5.74) is 8.41. The minimum absolute atomic E-state index is 0.157. The van der Waals surface area contributed by atoms with Crippen LogP contribution in [0.15, 0.2) is 18.2 Å². The molecule has 1 aromatic carbocycles. The number of ether oxygens (including phenoxy) is 1. The van der Waals surface area contributed by atoms with Crippen molar-refractivity contribution in [2.75, 3.05) is 7.11 Å². The molecule has 1 aromatic rings. The average Bonchev–Trinajstić information content (AvgIpc) is 2.70. The van der Waals surface area contributed by atoms with Gasteiger partial charge in [-0.1, -0.05) is 36.6 Å². The first-order chi connectivity index (χ1) is 7.65. The zero-order valence-corrected chi connectivity index (χ0v) is 10.4. The Morgan fingerprint density at radius 1 is 1.38 bits per heavy atom. The lowest BCUT2D eigenvalue weighted by Gasteiger charge is -2.24. The van der Waals surface area contributed by atoms with Crippen molar-refractivity contribution in [1.82, 2.24) is 0 Å². The van der Waals surface area contributed by atoms with Crippen LogP contribution >= 0.6 is 11.6 Å². The number of hydrogen-bond acceptors (Lipinski definition) is 2. The number of benzene rings is 1. The Bertz CT molecular complexity index is 372. The highest BCUT2D eigenvalue weighted by Gasteiger charge is 2.31. The van der Waals surface area contributed by atoms with E-state index in [1.54, 1.807) is 7.11 Å². The van der Waals surface area contributed by atoms with E-state index in [4.69, 9.17) is 22.1 Å². The molecule has 3 heteroatoms. The van der Waals surface area contributed by atoms with Crippen molar-refractivity contribution in [2.45, 2.75) is 37.8 Å². The van der Waals surface area contributed by atoms with Gasteiger partial charge in [-0.3, -0.25) is 0 Å². The third-order valence-electron chi connectivity index (χ3n) is 3.42. The molecule has 2 nitrogen and oxygen atoms in total. The largest absolute Gasteiger partial charge is 0.380 e. The summed E-state index contributed by atoms with van der Waals surface area (Å²) in [7, 11) is 1.67. The molecule has 0 atom stereocenters. The van der Waals surface area contributed by atoms with E-state index in [2.05, 4.69) is 6.07 Å². The number of rotatable bonds is 3. The molecule has 0 heterocycles. The van der Waals surface area contributed by atoms with Crippen LogP contribution in [-0.2, 0) is 16.9 Å². The van der Waals surface area contributed by atoms with Gasteiger partial charge < -0.3 is 10.5 Å². The first-order valence-corrected chi connectivity index (χ1v) is 6.10. The number of hydrogen-bond donors (Lipinski definition) is 1. The highest BCUT2D eigenvalue weighted by molar-refractivity contribution is 6.31. The molecule has 2 N–H and O–H groups in total. The van der Waals surface area contributed by atoms with Crippen LogP contribution in [0.4, 0.5) is 0 Å². The van der Waals surface area contributed by atoms with E-state index in [0.717, 1.165) is 29.0 Å². The smallest absolute Gasteiger partial charge is 0.0727 e. The summed E-state index contributed by atoms with van der Waals surface area (Å²) in [5.74, 6) is 0. The molecule has 2 rings (SSSR count). The Morgan fingerprint density at radius 2 is 2.06 bits per heavy atom. The fraction of sp³-hybridized carbons (Fsp3) is 0.538. The second-order valence-corrected chi connectivity index (χ2v) is 5.01. The van der Waals surface area contributed by atoms with Gasteiger partial charge in [-0.2, -0.15) is 0 Å². The highest BCUT2D eigenvalue weighted by Crippen LogP contribution is 2.37. The van der Waals surface area contributed by atoms with Crippen LogP contribution in [0, 0.1) is 0 Å². The maximum Gasteiger partial charge on any atom is 0.0727 e. The molecule has 0 spiro atoms. The van der Waals surface area contributed by atoms with Gasteiger partial charge in [0.05, 0.1) is 6.61 Å². The Balaban J connectivity index is 2.26. The topological polar surface area (TPSA) is 35.2 Å². The van der Waals surface area contributed by atoms with Crippen molar-refractivity contribution in [1.29, 1.82) is 0 Å². The quantitative estimate of drug-likeness (QED) is 0.879. The fourth-order valence-electron chi connectivity index (χ4n) is 2.42. The molecule has 1 aliphatic carbocycles. The molecule has 1 saturated carbocycles. The van der Waals surface area contributed by atoms with Gasteiger partial charge in [-0.05, 0) is 30.0 Å². The Morgan fingerprint density at radius 3 is 2.62 bits per heavy atom. The van der Waals surface area contributed by atoms with Crippen molar-refractivity contribution >= 4 is 11.6 Å². The first kappa shape index (κ1) is 11.9. The van der Waals surface area contributed by atoms with E-state index in [9.17, 15) is 0 Å². The zero-order valence-electron chi connectivity index (χ0n) is 9.63. The van der Waals surface area contributed by atoms with Crippen molar-refractivity contribution in [3.63, 3.8) is 0 Å². The predicted octanol–water partition coefficient (Wildman–Crippen LogP) is 3.21. The highest BCUT2D eigenvalue weighted by atomic mass is 35.5. The monoisotopic (exact) mass is 239 g/mol. The van der Waals surface area contributed by atoms with E-state index >= 15 is 0 Å². The number of nitrogens with two attached hydrogens (primary N) is 1. The van der Waals surface area contributed by atoms with Gasteiger partial charge >= 0.3 is 0 Å². The molecule has 0 unspecified atom stereocenters. The summed E-state index contributed by atoms with van der Waals surface area (Å²) >= 11 is 6.21. The van der Waals surface area contributed by atoms with Crippen molar-refractivity contribution in [3.8, 4) is 0 Å². The molecule has 0 amide bonds. The SMILES string of the molecule is COCc1ccc(C2(N)CCCC2)cc1Cl. The van der Waals surface area contributed by atoms with Gasteiger partial charge in [-0.15, -0.1) is 0 Å². The number of methoxy groups -OCH3 is 1. The molecule has 88 valence electrons. The molecule has 0 aromatic heterocycles. The Kier molecular flexibility index (Phi) is 3.53. The summed E-state index contributed by atoms with van der Waals surface area (Å²) < 4.78 is 5.08. The minimum Gasteiger partial charge on any atom is -0.380 e. The van der Waals surface area contributed by atoms with E-state index in [0.29, 0.717) is 6.61 Å². The molecule has 1 fully saturated rings. The van der Waals surface area contributed by atoms with Gasteiger partial charge in [-0.25, -0.2) is 0 Å². The van der Waals surface area contributed by atoms with E-state index < -0.39 is 0 Å². The van der Waals surface area contributed by atoms with Crippen LogP contribution in [0.5, 0.6) is 0 Å². The first-order valence-electron chi connectivity index (χ1n) is 5.72. The number of halogens is 1. The second-order valence-electron chi connectivity index (χ2n) is 4.60. The summed E-state index contributed by atoms with van der Waals surface area (Å²) in [6.45, 7) is 0.552. The van der Waals surface area contributed by atoms with Crippen LogP contribution in [0.25, 0.3) is 0 Å². The van der Waals surface area contributed by atoms with Crippen molar-refractivity contribution in [2.24, 2.45) is 5.73 Å². The lowest BCUT2D eigenvalue weighted by molar-refractivity contribution is 0.185. The lowest BCUT2D eigenvalue weighted by atomic mass is 9.89. The molecule has 16 heavy (non-hydrogen) atoms. The van der Waals surface area contributed by atoms with E-state index in [1.165, 1.54) is 12.8 Å². The van der Waals surface area contributed by atoms with Crippen LogP contribution in [0.1, 0.15) is 36.8 Å².